The lowest BCUT2D eigenvalue weighted by Crippen LogP contribution is -2.47. The van der Waals surface area contributed by atoms with Gasteiger partial charge in [-0.1, -0.05) is 6.07 Å². The molecule has 1 N–H and O–H groups in total. The number of rotatable bonds is 2. The molecular weight excluding hydrogens is 316 g/mol. The van der Waals surface area contributed by atoms with Gasteiger partial charge in [-0.3, -0.25) is 0 Å². The average molecular weight is 332 g/mol. The van der Waals surface area contributed by atoms with Crippen LogP contribution in [0.2, 0.25) is 0 Å². The molecule has 2 fully saturated rings. The van der Waals surface area contributed by atoms with Crippen molar-refractivity contribution in [1.82, 2.24) is 4.90 Å². The molecule has 0 spiro atoms. The minimum absolute atomic E-state index is 0.0269. The van der Waals surface area contributed by atoms with E-state index in [1.807, 2.05) is 0 Å². The molecule has 3 rings (SSSR count). The number of hydrogen-bond donors (Lipinski definition) is 1. The molecule has 1 unspecified atom stereocenters. The van der Waals surface area contributed by atoms with Crippen LogP contribution in [-0.4, -0.2) is 48.5 Å². The molecule has 23 heavy (non-hydrogen) atoms. The highest BCUT2D eigenvalue weighted by molar-refractivity contribution is 5.66. The summed E-state index contributed by atoms with van der Waals surface area (Å²) in [7, 11) is 0. The highest BCUT2D eigenvalue weighted by atomic mass is 19.4. The second kappa shape index (κ2) is 5.58. The number of amides is 1. The van der Waals surface area contributed by atoms with Crippen molar-refractivity contribution in [3.63, 3.8) is 0 Å². The summed E-state index contributed by atoms with van der Waals surface area (Å²) in [5.74, 6) is -2.03. The molecule has 1 amide bonds. The highest BCUT2D eigenvalue weighted by Crippen LogP contribution is 2.37. The lowest BCUT2D eigenvalue weighted by Gasteiger charge is -2.37. The van der Waals surface area contributed by atoms with Crippen molar-refractivity contribution in [2.45, 2.75) is 18.5 Å². The molecule has 0 saturated carbocycles. The Labute approximate surface area is 130 Å². The van der Waals surface area contributed by atoms with Crippen molar-refractivity contribution in [1.29, 1.82) is 0 Å². The van der Waals surface area contributed by atoms with Gasteiger partial charge >= 0.3 is 12.3 Å². The van der Waals surface area contributed by atoms with Crippen LogP contribution in [0.4, 0.5) is 28.0 Å². The molecule has 0 aliphatic carbocycles. The fourth-order valence-corrected chi connectivity index (χ4v) is 3.13. The Kier molecular flexibility index (Phi) is 3.85. The van der Waals surface area contributed by atoms with Gasteiger partial charge in [-0.05, 0) is 24.1 Å². The number of benzene rings is 1. The van der Waals surface area contributed by atoms with Gasteiger partial charge in [-0.15, -0.1) is 0 Å². The number of halogens is 4. The minimum Gasteiger partial charge on any atom is -0.465 e. The van der Waals surface area contributed by atoms with Crippen LogP contribution in [0.15, 0.2) is 18.2 Å². The van der Waals surface area contributed by atoms with Crippen LogP contribution < -0.4 is 4.90 Å². The zero-order chi connectivity index (χ0) is 16.8. The maximum atomic E-state index is 14.2. The van der Waals surface area contributed by atoms with E-state index in [1.54, 1.807) is 6.07 Å². The lowest BCUT2D eigenvalue weighted by atomic mass is 9.91. The summed E-state index contributed by atoms with van der Waals surface area (Å²) in [4.78, 5) is 13.4. The van der Waals surface area contributed by atoms with Gasteiger partial charge in [0.25, 0.3) is 0 Å². The van der Waals surface area contributed by atoms with Gasteiger partial charge in [0.15, 0.2) is 0 Å². The van der Waals surface area contributed by atoms with Gasteiger partial charge in [0.1, 0.15) is 5.82 Å². The fourth-order valence-electron chi connectivity index (χ4n) is 3.13. The molecule has 1 atom stereocenters. The molecular formula is C15H16F4N2O2. The van der Waals surface area contributed by atoms with Gasteiger partial charge in [0.05, 0.1) is 11.6 Å². The molecule has 8 heteroatoms. The Hall–Kier alpha value is -1.99. The third-order valence-electron chi connectivity index (χ3n) is 4.59. The van der Waals surface area contributed by atoms with Gasteiger partial charge in [0.2, 0.25) is 0 Å². The van der Waals surface area contributed by atoms with Crippen molar-refractivity contribution < 1.29 is 27.5 Å². The van der Waals surface area contributed by atoms with Crippen molar-refractivity contribution in [2.75, 3.05) is 31.1 Å². The summed E-state index contributed by atoms with van der Waals surface area (Å²) in [6, 6.07) is 4.47. The smallest absolute Gasteiger partial charge is 0.407 e. The van der Waals surface area contributed by atoms with Crippen molar-refractivity contribution >= 4 is 11.8 Å². The van der Waals surface area contributed by atoms with Gasteiger partial charge in [0, 0.05) is 32.1 Å². The molecule has 2 saturated heterocycles. The molecule has 0 radical (unpaired) electrons. The Morgan fingerprint density at radius 1 is 1.22 bits per heavy atom. The quantitative estimate of drug-likeness (QED) is 0.845. The predicted molar refractivity (Wildman–Crippen MR) is 75.1 cm³/mol. The third kappa shape index (κ3) is 3.07. The summed E-state index contributed by atoms with van der Waals surface area (Å²) in [6.45, 7) is 0.578. The number of carboxylic acid groups (broad SMARTS) is 1. The number of hydrogen-bond acceptors (Lipinski definition) is 2. The monoisotopic (exact) mass is 332 g/mol. The number of carbonyl (C=O) groups is 1. The average Bonchev–Trinajstić information content (AvgIpc) is 2.85. The summed E-state index contributed by atoms with van der Waals surface area (Å²) in [5.41, 5.74) is 0.852. The largest absolute Gasteiger partial charge is 0.465 e. The van der Waals surface area contributed by atoms with Gasteiger partial charge in [-0.2, -0.15) is 13.2 Å². The molecule has 126 valence electrons. The maximum Gasteiger partial charge on any atom is 0.407 e. The first-order valence-corrected chi connectivity index (χ1v) is 7.34. The van der Waals surface area contributed by atoms with Gasteiger partial charge < -0.3 is 14.9 Å². The van der Waals surface area contributed by atoms with Crippen molar-refractivity contribution in [3.05, 3.63) is 29.6 Å². The minimum atomic E-state index is -4.25. The predicted octanol–water partition coefficient (Wildman–Crippen LogP) is 3.29. The SMILES string of the molecule is O=C(O)N1CC(c2ccc(N3CCC(C(F)(F)F)C3)c(F)c2)C1. The van der Waals surface area contributed by atoms with E-state index in [2.05, 4.69) is 0 Å². The molecule has 2 aliphatic heterocycles. The van der Waals surface area contributed by atoms with Crippen LogP contribution >= 0.6 is 0 Å². The van der Waals surface area contributed by atoms with Crippen LogP contribution in [0.3, 0.4) is 0 Å². The van der Waals surface area contributed by atoms with Crippen LogP contribution in [0, 0.1) is 11.7 Å². The Balaban J connectivity index is 1.68. The van der Waals surface area contributed by atoms with Crippen molar-refractivity contribution in [2.24, 2.45) is 5.92 Å². The normalized spacial score (nSPS) is 22.3. The first-order valence-electron chi connectivity index (χ1n) is 7.34. The van der Waals surface area contributed by atoms with Crippen molar-refractivity contribution in [3.8, 4) is 0 Å². The maximum absolute atomic E-state index is 14.2. The number of anilines is 1. The van der Waals surface area contributed by atoms with Gasteiger partial charge in [-0.25, -0.2) is 9.18 Å². The summed E-state index contributed by atoms with van der Waals surface area (Å²) < 4.78 is 52.4. The second-order valence-corrected chi connectivity index (χ2v) is 6.07. The third-order valence-corrected chi connectivity index (χ3v) is 4.59. The van der Waals surface area contributed by atoms with E-state index in [4.69, 9.17) is 5.11 Å². The molecule has 2 heterocycles. The molecule has 0 bridgehead atoms. The number of likely N-dealkylation sites (tertiary alicyclic amines) is 1. The molecule has 4 nitrogen and oxygen atoms in total. The van der Waals surface area contributed by atoms with E-state index in [-0.39, 0.29) is 31.1 Å². The summed E-state index contributed by atoms with van der Waals surface area (Å²) in [5, 5.41) is 8.78. The van der Waals surface area contributed by atoms with E-state index in [1.165, 1.54) is 21.9 Å². The van der Waals surface area contributed by atoms with Crippen LogP contribution in [-0.2, 0) is 0 Å². The van der Waals surface area contributed by atoms with E-state index >= 15 is 0 Å². The summed E-state index contributed by atoms with van der Waals surface area (Å²) >= 11 is 0. The number of alkyl halides is 3. The Morgan fingerprint density at radius 3 is 2.43 bits per heavy atom. The zero-order valence-electron chi connectivity index (χ0n) is 12.2. The standard InChI is InChI=1S/C15H16F4N2O2/c16-12-5-9(10-6-21(7-10)14(22)23)1-2-13(12)20-4-3-11(8-20)15(17,18)19/h1-2,5,10-11H,3-4,6-8H2,(H,22,23). The number of nitrogens with zero attached hydrogens (tertiary/aromatic N) is 2. The topological polar surface area (TPSA) is 43.8 Å². The van der Waals surface area contributed by atoms with E-state index in [0.717, 1.165) is 0 Å². The lowest BCUT2D eigenvalue weighted by molar-refractivity contribution is -0.168. The van der Waals surface area contributed by atoms with E-state index < -0.39 is 24.0 Å². The molecule has 2 aliphatic rings. The fraction of sp³-hybridized carbons (Fsp3) is 0.533. The zero-order valence-corrected chi connectivity index (χ0v) is 12.2. The molecule has 0 aromatic heterocycles. The Morgan fingerprint density at radius 2 is 1.91 bits per heavy atom. The Bertz CT molecular complexity index is 614. The van der Waals surface area contributed by atoms with Crippen LogP contribution in [0.5, 0.6) is 0 Å². The summed E-state index contributed by atoms with van der Waals surface area (Å²) in [6.07, 6.45) is -5.29. The molecule has 1 aromatic carbocycles. The first-order chi connectivity index (χ1) is 10.8. The first kappa shape index (κ1) is 15.9. The molecule has 1 aromatic rings. The highest BCUT2D eigenvalue weighted by Gasteiger charge is 2.44. The van der Waals surface area contributed by atoms with Crippen LogP contribution in [0.25, 0.3) is 0 Å². The second-order valence-electron chi connectivity index (χ2n) is 6.07. The van der Waals surface area contributed by atoms with Crippen LogP contribution in [0.1, 0.15) is 17.9 Å². The van der Waals surface area contributed by atoms with E-state index in [0.29, 0.717) is 18.7 Å². The van der Waals surface area contributed by atoms with E-state index in [9.17, 15) is 22.4 Å².